The van der Waals surface area contributed by atoms with E-state index in [1.807, 2.05) is 18.2 Å². The summed E-state index contributed by atoms with van der Waals surface area (Å²) in [7, 11) is 0. The van der Waals surface area contributed by atoms with E-state index in [1.54, 1.807) is 18.3 Å². The smallest absolute Gasteiger partial charge is 0.222 e. The molecule has 0 saturated carbocycles. The van der Waals surface area contributed by atoms with Gasteiger partial charge in [-0.3, -0.25) is 0 Å². The molecule has 3 rings (SSSR count). The molecule has 3 aromatic rings. The Morgan fingerprint density at radius 2 is 1.67 bits per heavy atom. The Hall–Kier alpha value is -2.27. The molecule has 0 bridgehead atoms. The van der Waals surface area contributed by atoms with Gasteiger partial charge in [0.2, 0.25) is 5.28 Å². The monoisotopic (exact) mass is 258 g/mol. The molecule has 18 heavy (non-hydrogen) atoms. The highest BCUT2D eigenvalue weighted by Crippen LogP contribution is 2.20. The standard InChI is InChI=1S/C12H7ClN4O/c13-12-14-6-4-10(16-12)8-2-1-3-9(15-8)11-5-7-18-17-11/h1-7H. The molecule has 0 radical (unpaired) electrons. The van der Waals surface area contributed by atoms with Crippen molar-refractivity contribution in [2.45, 2.75) is 0 Å². The van der Waals surface area contributed by atoms with Crippen LogP contribution in [0.3, 0.4) is 0 Å². The van der Waals surface area contributed by atoms with Gasteiger partial charge in [0.15, 0.2) is 0 Å². The second-order valence-electron chi connectivity index (χ2n) is 3.50. The van der Waals surface area contributed by atoms with Crippen LogP contribution in [0.25, 0.3) is 22.8 Å². The molecule has 0 spiro atoms. The zero-order chi connectivity index (χ0) is 12.4. The Morgan fingerprint density at radius 3 is 2.39 bits per heavy atom. The third-order valence-corrected chi connectivity index (χ3v) is 2.52. The van der Waals surface area contributed by atoms with Gasteiger partial charge in [-0.1, -0.05) is 11.2 Å². The fourth-order valence-electron chi connectivity index (χ4n) is 1.54. The normalized spacial score (nSPS) is 10.5. The summed E-state index contributed by atoms with van der Waals surface area (Å²) in [4.78, 5) is 12.4. The first kappa shape index (κ1) is 10.9. The molecule has 0 fully saturated rings. The van der Waals surface area contributed by atoms with E-state index >= 15 is 0 Å². The van der Waals surface area contributed by atoms with Gasteiger partial charge in [-0.25, -0.2) is 15.0 Å². The minimum Gasteiger partial charge on any atom is -0.364 e. The van der Waals surface area contributed by atoms with Gasteiger partial charge in [-0.2, -0.15) is 0 Å². The summed E-state index contributed by atoms with van der Waals surface area (Å²) in [5, 5.41) is 4.04. The fourth-order valence-corrected chi connectivity index (χ4v) is 1.69. The second-order valence-corrected chi connectivity index (χ2v) is 3.84. The van der Waals surface area contributed by atoms with Gasteiger partial charge < -0.3 is 4.52 Å². The van der Waals surface area contributed by atoms with Gasteiger partial charge in [0.25, 0.3) is 0 Å². The second kappa shape index (κ2) is 4.54. The highest BCUT2D eigenvalue weighted by atomic mass is 35.5. The summed E-state index contributed by atoms with van der Waals surface area (Å²) in [5.41, 5.74) is 2.77. The van der Waals surface area contributed by atoms with Crippen LogP contribution in [0.15, 0.2) is 47.3 Å². The Balaban J connectivity index is 2.06. The molecule has 0 aliphatic rings. The van der Waals surface area contributed by atoms with E-state index in [2.05, 4.69) is 20.1 Å². The van der Waals surface area contributed by atoms with Crippen molar-refractivity contribution in [1.29, 1.82) is 0 Å². The van der Waals surface area contributed by atoms with Crippen LogP contribution in [-0.2, 0) is 0 Å². The predicted octanol–water partition coefficient (Wildman–Crippen LogP) is 2.85. The van der Waals surface area contributed by atoms with Gasteiger partial charge in [0, 0.05) is 12.3 Å². The average molecular weight is 259 g/mol. The van der Waals surface area contributed by atoms with Crippen LogP contribution >= 0.6 is 11.6 Å². The van der Waals surface area contributed by atoms with E-state index in [0.29, 0.717) is 17.1 Å². The summed E-state index contributed by atoms with van der Waals surface area (Å²) in [6, 6.07) is 9.08. The highest BCUT2D eigenvalue weighted by molar-refractivity contribution is 6.28. The van der Waals surface area contributed by atoms with Crippen molar-refractivity contribution in [3.63, 3.8) is 0 Å². The first-order chi connectivity index (χ1) is 8.83. The molecule has 3 heterocycles. The number of aromatic nitrogens is 4. The fraction of sp³-hybridized carbons (Fsp3) is 0. The molecule has 0 atom stereocenters. The van der Waals surface area contributed by atoms with Crippen LogP contribution < -0.4 is 0 Å². The molecule has 0 aliphatic carbocycles. The maximum atomic E-state index is 5.76. The molecule has 6 heteroatoms. The van der Waals surface area contributed by atoms with Crippen LogP contribution in [-0.4, -0.2) is 20.1 Å². The first-order valence-electron chi connectivity index (χ1n) is 5.20. The largest absolute Gasteiger partial charge is 0.364 e. The predicted molar refractivity (Wildman–Crippen MR) is 65.8 cm³/mol. The lowest BCUT2D eigenvalue weighted by Crippen LogP contribution is -1.91. The maximum absolute atomic E-state index is 5.76. The SMILES string of the molecule is Clc1nccc(-c2cccc(-c3ccon3)n2)n1. The third-order valence-electron chi connectivity index (χ3n) is 2.34. The molecule has 3 aromatic heterocycles. The van der Waals surface area contributed by atoms with Crippen LogP contribution in [0.2, 0.25) is 5.28 Å². The highest BCUT2D eigenvalue weighted by Gasteiger charge is 2.06. The average Bonchev–Trinajstić information content (AvgIpc) is 2.93. The lowest BCUT2D eigenvalue weighted by atomic mass is 10.2. The molecule has 0 aliphatic heterocycles. The molecule has 88 valence electrons. The van der Waals surface area contributed by atoms with Gasteiger partial charge in [0.1, 0.15) is 12.0 Å². The number of hydrogen-bond donors (Lipinski definition) is 0. The molecule has 0 amide bonds. The Labute approximate surface area is 107 Å². The van der Waals surface area contributed by atoms with Crippen molar-refractivity contribution in [2.75, 3.05) is 0 Å². The van der Waals surface area contributed by atoms with Crippen LogP contribution in [0, 0.1) is 0 Å². The van der Waals surface area contributed by atoms with Crippen molar-refractivity contribution >= 4 is 11.6 Å². The zero-order valence-corrected chi connectivity index (χ0v) is 9.87. The summed E-state index contributed by atoms with van der Waals surface area (Å²) in [5.74, 6) is 0. The lowest BCUT2D eigenvalue weighted by molar-refractivity contribution is 0.422. The Bertz CT molecular complexity index is 669. The lowest BCUT2D eigenvalue weighted by Gasteiger charge is -2.01. The van der Waals surface area contributed by atoms with E-state index in [9.17, 15) is 0 Å². The maximum Gasteiger partial charge on any atom is 0.222 e. The Kier molecular flexibility index (Phi) is 2.74. The van der Waals surface area contributed by atoms with Crippen LogP contribution in [0.5, 0.6) is 0 Å². The van der Waals surface area contributed by atoms with Gasteiger partial charge in [-0.05, 0) is 29.8 Å². The minimum atomic E-state index is 0.195. The molecule has 0 N–H and O–H groups in total. The van der Waals surface area contributed by atoms with Crippen molar-refractivity contribution in [3.05, 3.63) is 48.1 Å². The van der Waals surface area contributed by atoms with Crippen LogP contribution in [0.1, 0.15) is 0 Å². The Morgan fingerprint density at radius 1 is 0.889 bits per heavy atom. The zero-order valence-electron chi connectivity index (χ0n) is 9.12. The molecule has 5 nitrogen and oxygen atoms in total. The quantitative estimate of drug-likeness (QED) is 0.661. The van der Waals surface area contributed by atoms with Gasteiger partial charge in [0.05, 0.1) is 17.1 Å². The number of halogens is 1. The van der Waals surface area contributed by atoms with Crippen molar-refractivity contribution in [3.8, 4) is 22.8 Å². The van der Waals surface area contributed by atoms with E-state index in [4.69, 9.17) is 16.1 Å². The topological polar surface area (TPSA) is 64.7 Å². The summed E-state index contributed by atoms with van der Waals surface area (Å²) in [6.45, 7) is 0. The van der Waals surface area contributed by atoms with E-state index in [-0.39, 0.29) is 5.28 Å². The molecular weight excluding hydrogens is 252 g/mol. The molecular formula is C12H7ClN4O. The number of rotatable bonds is 2. The molecule has 0 saturated heterocycles. The van der Waals surface area contributed by atoms with Crippen molar-refractivity contribution < 1.29 is 4.52 Å². The van der Waals surface area contributed by atoms with E-state index in [0.717, 1.165) is 5.69 Å². The van der Waals surface area contributed by atoms with Crippen molar-refractivity contribution in [1.82, 2.24) is 20.1 Å². The summed E-state index contributed by atoms with van der Waals surface area (Å²) >= 11 is 5.76. The van der Waals surface area contributed by atoms with E-state index < -0.39 is 0 Å². The van der Waals surface area contributed by atoms with Crippen LogP contribution in [0.4, 0.5) is 0 Å². The van der Waals surface area contributed by atoms with Gasteiger partial charge >= 0.3 is 0 Å². The third kappa shape index (κ3) is 2.08. The molecule has 0 aromatic carbocycles. The number of nitrogens with zero attached hydrogens (tertiary/aromatic N) is 4. The number of hydrogen-bond acceptors (Lipinski definition) is 5. The van der Waals surface area contributed by atoms with Gasteiger partial charge in [-0.15, -0.1) is 0 Å². The minimum absolute atomic E-state index is 0.195. The first-order valence-corrected chi connectivity index (χ1v) is 5.57. The van der Waals surface area contributed by atoms with E-state index in [1.165, 1.54) is 6.26 Å². The van der Waals surface area contributed by atoms with Crippen molar-refractivity contribution in [2.24, 2.45) is 0 Å². The summed E-state index contributed by atoms with van der Waals surface area (Å²) < 4.78 is 4.80. The molecule has 0 unspecified atom stereocenters. The number of pyridine rings is 1. The summed E-state index contributed by atoms with van der Waals surface area (Å²) in [6.07, 6.45) is 3.10.